The molecule has 0 saturated heterocycles. The fourth-order valence-corrected chi connectivity index (χ4v) is 3.98. The van der Waals surface area contributed by atoms with Gasteiger partial charge in [-0.3, -0.25) is 0 Å². The van der Waals surface area contributed by atoms with Crippen LogP contribution in [-0.2, 0) is 14.8 Å². The summed E-state index contributed by atoms with van der Waals surface area (Å²) in [7, 11) is -0.281. The lowest BCUT2D eigenvalue weighted by Crippen LogP contribution is -2.31. The van der Waals surface area contributed by atoms with Gasteiger partial charge in [0.05, 0.1) is 0 Å². The number of nitrogens with zero attached hydrogens (tertiary/aromatic N) is 1. The molecule has 0 amide bonds. The molecule has 8 heteroatoms. The van der Waals surface area contributed by atoms with Crippen molar-refractivity contribution < 1.29 is 13.2 Å². The number of nitrogens with one attached hydrogen (secondary N) is 2. The molecule has 118 valence electrons. The minimum atomic E-state index is -3.59. The zero-order chi connectivity index (χ0) is 15.5. The summed E-state index contributed by atoms with van der Waals surface area (Å²) < 4.78 is 33.4. The average molecular weight is 378 g/mol. The van der Waals surface area contributed by atoms with Crippen LogP contribution in [0.1, 0.15) is 19.3 Å². The quantitative estimate of drug-likeness (QED) is 0.723. The highest BCUT2D eigenvalue weighted by Gasteiger charge is 2.42. The van der Waals surface area contributed by atoms with Crippen LogP contribution in [-0.4, -0.2) is 40.7 Å². The maximum absolute atomic E-state index is 12.5. The Morgan fingerprint density at radius 3 is 2.76 bits per heavy atom. The van der Waals surface area contributed by atoms with Gasteiger partial charge in [-0.15, -0.1) is 0 Å². The third kappa shape index (κ3) is 4.15. The molecule has 0 atom stereocenters. The van der Waals surface area contributed by atoms with Gasteiger partial charge in [0, 0.05) is 38.0 Å². The van der Waals surface area contributed by atoms with E-state index in [1.54, 1.807) is 26.4 Å². The number of hydrogen-bond donors (Lipinski definition) is 2. The Balaban J connectivity index is 2.10. The summed E-state index contributed by atoms with van der Waals surface area (Å²) in [4.78, 5) is 4.23. The fourth-order valence-electron chi connectivity index (χ4n) is 2.15. The van der Waals surface area contributed by atoms with Crippen molar-refractivity contribution in [1.82, 2.24) is 9.71 Å². The molecule has 2 rings (SSSR count). The fraction of sp³-hybridized carbons (Fsp3) is 0.615. The minimum Gasteiger partial charge on any atom is -0.385 e. The molecule has 0 aliphatic heterocycles. The van der Waals surface area contributed by atoms with Crippen LogP contribution in [0.2, 0.25) is 0 Å². The molecule has 1 fully saturated rings. The SMILES string of the molecule is CNc1ncc(Br)cc1S(=O)(=O)NCC1(CCOC)CC1. The molecule has 0 unspecified atom stereocenters. The summed E-state index contributed by atoms with van der Waals surface area (Å²) in [6.45, 7) is 1.09. The third-order valence-electron chi connectivity index (χ3n) is 3.78. The molecule has 1 aliphatic carbocycles. The first-order chi connectivity index (χ1) is 9.92. The second-order valence-corrected chi connectivity index (χ2v) is 7.97. The number of aromatic nitrogens is 1. The Morgan fingerprint density at radius 1 is 1.48 bits per heavy atom. The van der Waals surface area contributed by atoms with Crippen LogP contribution in [0.5, 0.6) is 0 Å². The standard InChI is InChI=1S/C13H20BrN3O3S/c1-15-12-11(7-10(14)8-16-12)21(18,19)17-9-13(3-4-13)5-6-20-2/h7-8,17H,3-6,9H2,1-2H3,(H,15,16). The Kier molecular flexibility index (Phi) is 5.24. The van der Waals surface area contributed by atoms with E-state index in [0.717, 1.165) is 19.3 Å². The van der Waals surface area contributed by atoms with Gasteiger partial charge in [-0.25, -0.2) is 18.1 Å². The first-order valence-corrected chi connectivity index (χ1v) is 9.02. The van der Waals surface area contributed by atoms with Gasteiger partial charge in [0.1, 0.15) is 10.7 Å². The molecular formula is C13H20BrN3O3S. The first kappa shape index (κ1) is 16.7. The zero-order valence-corrected chi connectivity index (χ0v) is 14.6. The molecule has 0 spiro atoms. The van der Waals surface area contributed by atoms with E-state index in [9.17, 15) is 8.42 Å². The van der Waals surface area contributed by atoms with Crippen LogP contribution in [0, 0.1) is 5.41 Å². The van der Waals surface area contributed by atoms with E-state index in [0.29, 0.717) is 23.4 Å². The van der Waals surface area contributed by atoms with Crippen LogP contribution in [0.3, 0.4) is 0 Å². The predicted molar refractivity (Wildman–Crippen MR) is 84.8 cm³/mol. The van der Waals surface area contributed by atoms with Gasteiger partial charge in [0.25, 0.3) is 0 Å². The second kappa shape index (κ2) is 6.60. The summed E-state index contributed by atoms with van der Waals surface area (Å²) in [6.07, 6.45) is 4.51. The van der Waals surface area contributed by atoms with Gasteiger partial charge in [0.15, 0.2) is 0 Å². The number of anilines is 1. The third-order valence-corrected chi connectivity index (χ3v) is 5.62. The number of rotatable bonds is 8. The smallest absolute Gasteiger partial charge is 0.244 e. The summed E-state index contributed by atoms with van der Waals surface area (Å²) in [6, 6.07) is 1.55. The molecule has 21 heavy (non-hydrogen) atoms. The monoisotopic (exact) mass is 377 g/mol. The topological polar surface area (TPSA) is 80.3 Å². The van der Waals surface area contributed by atoms with Crippen molar-refractivity contribution in [3.8, 4) is 0 Å². The molecule has 0 radical (unpaired) electrons. The molecule has 0 aromatic carbocycles. The van der Waals surface area contributed by atoms with E-state index in [2.05, 4.69) is 31.0 Å². The highest BCUT2D eigenvalue weighted by atomic mass is 79.9. The van der Waals surface area contributed by atoms with E-state index in [1.165, 1.54) is 0 Å². The average Bonchev–Trinajstić information content (AvgIpc) is 3.24. The van der Waals surface area contributed by atoms with E-state index < -0.39 is 10.0 Å². The zero-order valence-electron chi connectivity index (χ0n) is 12.1. The minimum absolute atomic E-state index is 0.0579. The lowest BCUT2D eigenvalue weighted by atomic mass is 10.0. The summed E-state index contributed by atoms with van der Waals surface area (Å²) in [5.41, 5.74) is 0.0579. The van der Waals surface area contributed by atoms with E-state index in [-0.39, 0.29) is 10.3 Å². The van der Waals surface area contributed by atoms with Crippen molar-refractivity contribution in [2.45, 2.75) is 24.2 Å². The number of hydrogen-bond acceptors (Lipinski definition) is 5. The lowest BCUT2D eigenvalue weighted by Gasteiger charge is -2.16. The van der Waals surface area contributed by atoms with E-state index in [1.807, 2.05) is 0 Å². The number of halogens is 1. The largest absolute Gasteiger partial charge is 0.385 e. The Hall–Kier alpha value is -0.700. The molecule has 1 aromatic rings. The number of ether oxygens (including phenoxy) is 1. The highest BCUT2D eigenvalue weighted by Crippen LogP contribution is 2.48. The van der Waals surface area contributed by atoms with Crippen molar-refractivity contribution in [2.75, 3.05) is 32.6 Å². The van der Waals surface area contributed by atoms with Crippen molar-refractivity contribution in [3.05, 3.63) is 16.7 Å². The van der Waals surface area contributed by atoms with Crippen LogP contribution in [0.15, 0.2) is 21.6 Å². The second-order valence-electron chi connectivity index (χ2n) is 5.32. The van der Waals surface area contributed by atoms with Gasteiger partial charge in [-0.05, 0) is 46.7 Å². The van der Waals surface area contributed by atoms with Crippen molar-refractivity contribution in [3.63, 3.8) is 0 Å². The number of sulfonamides is 1. The summed E-state index contributed by atoms with van der Waals surface area (Å²) in [5.74, 6) is 0.340. The van der Waals surface area contributed by atoms with Gasteiger partial charge >= 0.3 is 0 Å². The maximum Gasteiger partial charge on any atom is 0.244 e. The Morgan fingerprint density at radius 2 is 2.19 bits per heavy atom. The van der Waals surface area contributed by atoms with Crippen LogP contribution < -0.4 is 10.0 Å². The highest BCUT2D eigenvalue weighted by molar-refractivity contribution is 9.10. The van der Waals surface area contributed by atoms with Crippen molar-refractivity contribution in [2.24, 2.45) is 5.41 Å². The normalized spacial score (nSPS) is 16.7. The molecule has 1 aromatic heterocycles. The van der Waals surface area contributed by atoms with Gasteiger partial charge in [-0.2, -0.15) is 0 Å². The van der Waals surface area contributed by atoms with Crippen LogP contribution in [0.25, 0.3) is 0 Å². The van der Waals surface area contributed by atoms with Gasteiger partial charge in [-0.1, -0.05) is 0 Å². The van der Waals surface area contributed by atoms with Gasteiger partial charge < -0.3 is 10.1 Å². The van der Waals surface area contributed by atoms with Gasteiger partial charge in [0.2, 0.25) is 10.0 Å². The predicted octanol–water partition coefficient (Wildman–Crippen LogP) is 1.98. The summed E-state index contributed by atoms with van der Waals surface area (Å²) in [5, 5.41) is 2.80. The van der Waals surface area contributed by atoms with Crippen LogP contribution in [0.4, 0.5) is 5.82 Å². The molecule has 6 nitrogen and oxygen atoms in total. The molecule has 2 N–H and O–H groups in total. The Bertz CT molecular complexity index is 603. The van der Waals surface area contributed by atoms with E-state index >= 15 is 0 Å². The summed E-state index contributed by atoms with van der Waals surface area (Å²) >= 11 is 3.26. The number of methoxy groups -OCH3 is 1. The van der Waals surface area contributed by atoms with Crippen molar-refractivity contribution >= 4 is 31.8 Å². The van der Waals surface area contributed by atoms with Crippen molar-refractivity contribution in [1.29, 1.82) is 0 Å². The lowest BCUT2D eigenvalue weighted by molar-refractivity contribution is 0.173. The maximum atomic E-state index is 12.5. The molecule has 1 aliphatic rings. The van der Waals surface area contributed by atoms with Crippen LogP contribution >= 0.6 is 15.9 Å². The Labute approximate surface area is 133 Å². The number of pyridine rings is 1. The first-order valence-electron chi connectivity index (χ1n) is 6.74. The van der Waals surface area contributed by atoms with E-state index in [4.69, 9.17) is 4.74 Å². The molecule has 1 heterocycles. The molecule has 0 bridgehead atoms. The molecular weight excluding hydrogens is 358 g/mol. The molecule has 1 saturated carbocycles.